The van der Waals surface area contributed by atoms with E-state index in [1.807, 2.05) is 39.0 Å². The van der Waals surface area contributed by atoms with Crippen LogP contribution < -0.4 is 10.1 Å². The van der Waals surface area contributed by atoms with Crippen LogP contribution in [0.5, 0.6) is 5.75 Å². The van der Waals surface area contributed by atoms with Gasteiger partial charge in [-0.1, -0.05) is 48.3 Å². The number of aryl methyl sites for hydroxylation is 1. The van der Waals surface area contributed by atoms with Crippen molar-refractivity contribution in [1.82, 2.24) is 10.2 Å². The summed E-state index contributed by atoms with van der Waals surface area (Å²) in [5.41, 5.74) is 2.64. The molecule has 5 nitrogen and oxygen atoms in total. The van der Waals surface area contributed by atoms with Crippen molar-refractivity contribution in [3.05, 3.63) is 63.1 Å². The average Bonchev–Trinajstić information content (AvgIpc) is 2.70. The van der Waals surface area contributed by atoms with E-state index in [0.717, 1.165) is 11.1 Å². The van der Waals surface area contributed by atoms with E-state index in [4.69, 9.17) is 27.9 Å². The Bertz CT molecular complexity index is 866. The molecule has 2 amide bonds. The van der Waals surface area contributed by atoms with Crippen LogP contribution in [0, 0.1) is 13.8 Å². The van der Waals surface area contributed by atoms with Gasteiger partial charge in [0.2, 0.25) is 5.91 Å². The number of halogens is 2. The molecule has 0 aliphatic rings. The number of ether oxygens (including phenoxy) is 1. The Morgan fingerprint density at radius 2 is 1.72 bits per heavy atom. The van der Waals surface area contributed by atoms with E-state index in [-0.39, 0.29) is 25.0 Å². The summed E-state index contributed by atoms with van der Waals surface area (Å²) in [5.74, 6) is 0.0650. The van der Waals surface area contributed by atoms with E-state index >= 15 is 0 Å². The molecule has 1 atom stereocenters. The lowest BCUT2D eigenvalue weighted by Crippen LogP contribution is -2.49. The fraction of sp³-hybridized carbons (Fsp3) is 0.364. The molecule has 0 saturated heterocycles. The van der Waals surface area contributed by atoms with Crippen molar-refractivity contribution in [2.24, 2.45) is 0 Å². The second-order valence-corrected chi connectivity index (χ2v) is 7.56. The van der Waals surface area contributed by atoms with Gasteiger partial charge >= 0.3 is 0 Å². The highest BCUT2D eigenvalue weighted by Crippen LogP contribution is 2.27. The van der Waals surface area contributed by atoms with Crippen molar-refractivity contribution >= 4 is 35.0 Å². The molecule has 0 aromatic heterocycles. The van der Waals surface area contributed by atoms with E-state index in [0.29, 0.717) is 27.8 Å². The highest BCUT2D eigenvalue weighted by molar-refractivity contribution is 6.36. The Hall–Kier alpha value is -2.24. The van der Waals surface area contributed by atoms with Crippen molar-refractivity contribution in [3.63, 3.8) is 0 Å². The number of likely N-dealkylation sites (N-methyl/N-ethyl adjacent to an activating group) is 1. The van der Waals surface area contributed by atoms with Gasteiger partial charge in [0.1, 0.15) is 11.8 Å². The molecule has 2 aromatic rings. The molecular weight excluding hydrogens is 411 g/mol. The molecule has 0 bridgehead atoms. The van der Waals surface area contributed by atoms with Crippen LogP contribution in [0.3, 0.4) is 0 Å². The monoisotopic (exact) mass is 436 g/mol. The minimum Gasteiger partial charge on any atom is -0.483 e. The number of nitrogens with one attached hydrogen (secondary N) is 1. The van der Waals surface area contributed by atoms with Crippen LogP contribution in [0.15, 0.2) is 36.4 Å². The summed E-state index contributed by atoms with van der Waals surface area (Å²) in [6.07, 6.45) is 0.441. The third kappa shape index (κ3) is 5.64. The number of rotatable bonds is 8. The lowest BCUT2D eigenvalue weighted by atomic mass is 10.1. The van der Waals surface area contributed by atoms with Crippen molar-refractivity contribution in [2.75, 3.05) is 13.7 Å². The number of benzene rings is 2. The maximum Gasteiger partial charge on any atom is 0.261 e. The van der Waals surface area contributed by atoms with Gasteiger partial charge in [-0.25, -0.2) is 0 Å². The van der Waals surface area contributed by atoms with Gasteiger partial charge < -0.3 is 15.0 Å². The molecule has 0 spiro atoms. The van der Waals surface area contributed by atoms with Gasteiger partial charge in [0.15, 0.2) is 6.61 Å². The Labute approximate surface area is 181 Å². The smallest absolute Gasteiger partial charge is 0.261 e. The van der Waals surface area contributed by atoms with E-state index in [2.05, 4.69) is 5.32 Å². The van der Waals surface area contributed by atoms with Crippen LogP contribution in [0.1, 0.15) is 30.0 Å². The van der Waals surface area contributed by atoms with Crippen molar-refractivity contribution < 1.29 is 14.3 Å². The molecule has 0 aliphatic carbocycles. The Balaban J connectivity index is 2.29. The van der Waals surface area contributed by atoms with Crippen LogP contribution in [0.25, 0.3) is 0 Å². The second-order valence-electron chi connectivity index (χ2n) is 6.75. The fourth-order valence-corrected chi connectivity index (χ4v) is 3.56. The molecule has 0 radical (unpaired) electrons. The highest BCUT2D eigenvalue weighted by Gasteiger charge is 2.29. The predicted molar refractivity (Wildman–Crippen MR) is 117 cm³/mol. The molecule has 2 aromatic carbocycles. The van der Waals surface area contributed by atoms with Gasteiger partial charge in [-0.3, -0.25) is 9.59 Å². The number of carbonyl (C=O) groups is 2. The molecule has 0 saturated carbocycles. The molecule has 0 fully saturated rings. The molecule has 0 unspecified atom stereocenters. The fourth-order valence-electron chi connectivity index (χ4n) is 3.04. The zero-order valence-corrected chi connectivity index (χ0v) is 18.6. The summed E-state index contributed by atoms with van der Waals surface area (Å²) in [4.78, 5) is 27.0. The van der Waals surface area contributed by atoms with Crippen molar-refractivity contribution in [1.29, 1.82) is 0 Å². The van der Waals surface area contributed by atoms with E-state index in [1.54, 1.807) is 25.2 Å². The minimum atomic E-state index is -0.665. The summed E-state index contributed by atoms with van der Waals surface area (Å²) in [5, 5.41) is 3.50. The Morgan fingerprint density at radius 3 is 2.31 bits per heavy atom. The lowest BCUT2D eigenvalue weighted by Gasteiger charge is -2.30. The average molecular weight is 437 g/mol. The van der Waals surface area contributed by atoms with Gasteiger partial charge in [-0.15, -0.1) is 0 Å². The van der Waals surface area contributed by atoms with Crippen LogP contribution in [0.4, 0.5) is 0 Å². The maximum atomic E-state index is 13.1. The number of nitrogens with zero attached hydrogens (tertiary/aromatic N) is 1. The van der Waals surface area contributed by atoms with Gasteiger partial charge in [0, 0.05) is 29.2 Å². The second kappa shape index (κ2) is 10.5. The van der Waals surface area contributed by atoms with Gasteiger partial charge in [-0.05, 0) is 49.6 Å². The van der Waals surface area contributed by atoms with Crippen LogP contribution in [-0.4, -0.2) is 36.4 Å². The normalized spacial score (nSPS) is 11.7. The molecule has 156 valence electrons. The first-order valence-corrected chi connectivity index (χ1v) is 10.2. The highest BCUT2D eigenvalue weighted by atomic mass is 35.5. The van der Waals surface area contributed by atoms with E-state index in [9.17, 15) is 9.59 Å². The van der Waals surface area contributed by atoms with Gasteiger partial charge in [0.05, 0.1) is 0 Å². The number of hydrogen-bond donors (Lipinski definition) is 1. The zero-order chi connectivity index (χ0) is 21.6. The molecular formula is C22H26Cl2N2O3. The van der Waals surface area contributed by atoms with E-state index < -0.39 is 6.04 Å². The molecule has 2 rings (SSSR count). The SMILES string of the molecule is CC[C@@H](C(=O)NC)N(Cc1c(Cl)cccc1Cl)C(=O)COc1cccc(C)c1C. The van der Waals surface area contributed by atoms with E-state index in [1.165, 1.54) is 4.90 Å². The van der Waals surface area contributed by atoms with Gasteiger partial charge in [0.25, 0.3) is 5.91 Å². The summed E-state index contributed by atoms with van der Waals surface area (Å²) in [6, 6.07) is 10.2. The first kappa shape index (κ1) is 23.0. The molecule has 29 heavy (non-hydrogen) atoms. The van der Waals surface area contributed by atoms with Crippen LogP contribution in [-0.2, 0) is 16.1 Å². The zero-order valence-electron chi connectivity index (χ0n) is 17.1. The predicted octanol–water partition coefficient (Wildman–Crippen LogP) is 4.54. The first-order valence-electron chi connectivity index (χ1n) is 9.43. The van der Waals surface area contributed by atoms with Crippen molar-refractivity contribution in [3.8, 4) is 5.75 Å². The molecule has 0 aliphatic heterocycles. The third-order valence-corrected chi connectivity index (χ3v) is 5.64. The summed E-state index contributed by atoms with van der Waals surface area (Å²) >= 11 is 12.6. The summed E-state index contributed by atoms with van der Waals surface area (Å²) in [7, 11) is 1.54. The third-order valence-electron chi connectivity index (χ3n) is 4.93. The summed E-state index contributed by atoms with van der Waals surface area (Å²) in [6.45, 7) is 5.68. The standard InChI is InChI=1S/C22H26Cl2N2O3/c1-5-19(22(28)25-4)26(12-16-17(23)9-7-10-18(16)24)21(27)13-29-20-11-6-8-14(2)15(20)3/h6-11,19H,5,12-13H2,1-4H3,(H,25,28)/t19-/m0/s1. The summed E-state index contributed by atoms with van der Waals surface area (Å²) < 4.78 is 5.78. The quantitative estimate of drug-likeness (QED) is 0.660. The van der Waals surface area contributed by atoms with Crippen LogP contribution >= 0.6 is 23.2 Å². The largest absolute Gasteiger partial charge is 0.483 e. The topological polar surface area (TPSA) is 58.6 Å². The number of hydrogen-bond acceptors (Lipinski definition) is 3. The first-order chi connectivity index (χ1) is 13.8. The number of carbonyl (C=O) groups excluding carboxylic acids is 2. The van der Waals surface area contributed by atoms with Crippen molar-refractivity contribution in [2.45, 2.75) is 39.8 Å². The minimum absolute atomic E-state index is 0.111. The number of amides is 2. The Morgan fingerprint density at radius 1 is 1.10 bits per heavy atom. The molecule has 1 N–H and O–H groups in total. The van der Waals surface area contributed by atoms with Gasteiger partial charge in [-0.2, -0.15) is 0 Å². The molecule has 7 heteroatoms. The maximum absolute atomic E-state index is 13.1. The lowest BCUT2D eigenvalue weighted by molar-refractivity contribution is -0.142. The van der Waals surface area contributed by atoms with Crippen LogP contribution in [0.2, 0.25) is 10.0 Å². The Kier molecular flexibility index (Phi) is 8.35. The molecule has 0 heterocycles.